The quantitative estimate of drug-likeness (QED) is 0.390. The van der Waals surface area contributed by atoms with Crippen molar-refractivity contribution in [3.05, 3.63) is 70.5 Å². The Morgan fingerprint density at radius 2 is 2.06 bits per heavy atom. The maximum atomic E-state index is 12.7. The van der Waals surface area contributed by atoms with Gasteiger partial charge in [-0.15, -0.1) is 0 Å². The number of aliphatic hydroxyl groups excluding tert-OH is 1. The Hall–Kier alpha value is -2.27. The number of nitrogens with zero attached hydrogens (tertiary/aromatic N) is 2. The van der Waals surface area contributed by atoms with Gasteiger partial charge in [-0.25, -0.2) is 18.1 Å². The summed E-state index contributed by atoms with van der Waals surface area (Å²) in [5.41, 5.74) is 1.78. The van der Waals surface area contributed by atoms with Crippen molar-refractivity contribution in [3.8, 4) is 0 Å². The minimum Gasteiger partial charge on any atom is -0.394 e. The number of aliphatic hydroxyl groups is 1. The minimum absolute atomic E-state index is 0.0357. The molecule has 0 aliphatic heterocycles. The van der Waals surface area contributed by atoms with Gasteiger partial charge in [-0.3, -0.25) is 0 Å². The van der Waals surface area contributed by atoms with Crippen LogP contribution in [0.1, 0.15) is 18.9 Å². The van der Waals surface area contributed by atoms with Crippen LogP contribution in [0, 0.1) is 0 Å². The van der Waals surface area contributed by atoms with Crippen LogP contribution in [0.3, 0.4) is 0 Å². The van der Waals surface area contributed by atoms with Gasteiger partial charge >= 0.3 is 0 Å². The summed E-state index contributed by atoms with van der Waals surface area (Å²) >= 11 is 3.38. The molecule has 31 heavy (non-hydrogen) atoms. The Morgan fingerprint density at radius 1 is 1.29 bits per heavy atom. The van der Waals surface area contributed by atoms with Crippen molar-refractivity contribution < 1.29 is 13.5 Å². The van der Waals surface area contributed by atoms with Crippen LogP contribution in [0.4, 0.5) is 11.8 Å². The van der Waals surface area contributed by atoms with Crippen molar-refractivity contribution in [1.29, 1.82) is 0 Å². The Balaban J connectivity index is 1.59. The lowest BCUT2D eigenvalue weighted by Crippen LogP contribution is -2.36. The monoisotopic (exact) mass is 507 g/mol. The Kier molecular flexibility index (Phi) is 8.19. The molecule has 10 heteroatoms. The molecule has 1 heterocycles. The van der Waals surface area contributed by atoms with Crippen molar-refractivity contribution in [2.75, 3.05) is 23.8 Å². The van der Waals surface area contributed by atoms with Gasteiger partial charge in [0.15, 0.2) is 0 Å². The molecule has 166 valence electrons. The first kappa shape index (κ1) is 23.4. The van der Waals surface area contributed by atoms with Gasteiger partial charge in [0, 0.05) is 30.9 Å². The van der Waals surface area contributed by atoms with Gasteiger partial charge in [0.1, 0.15) is 5.82 Å². The molecule has 1 aliphatic rings. The summed E-state index contributed by atoms with van der Waals surface area (Å²) < 4.78 is 28.8. The summed E-state index contributed by atoms with van der Waals surface area (Å²) in [6.45, 7) is 2.14. The highest BCUT2D eigenvalue weighted by molar-refractivity contribution is 9.10. The van der Waals surface area contributed by atoms with Crippen LogP contribution >= 0.6 is 15.9 Å². The first-order valence-electron chi connectivity index (χ1n) is 9.94. The molecule has 0 fully saturated rings. The third kappa shape index (κ3) is 6.86. The van der Waals surface area contributed by atoms with Gasteiger partial charge in [-0.05, 0) is 40.9 Å². The van der Waals surface area contributed by atoms with E-state index in [2.05, 4.69) is 41.3 Å². The lowest BCUT2D eigenvalue weighted by molar-refractivity contribution is 0.281. The number of aromatic nitrogens is 2. The third-order valence-electron chi connectivity index (χ3n) is 4.68. The summed E-state index contributed by atoms with van der Waals surface area (Å²) in [6.07, 6.45) is 7.72. The van der Waals surface area contributed by atoms with Gasteiger partial charge in [0.2, 0.25) is 16.0 Å². The molecule has 0 bridgehead atoms. The second-order valence-electron chi connectivity index (χ2n) is 7.24. The topological polar surface area (TPSA) is 116 Å². The summed E-state index contributed by atoms with van der Waals surface area (Å²) in [6, 6.07) is 9.58. The van der Waals surface area contributed by atoms with E-state index < -0.39 is 15.3 Å². The molecule has 0 saturated heterocycles. The molecule has 8 nitrogen and oxygen atoms in total. The number of hydrogen-bond acceptors (Lipinski definition) is 7. The molecule has 0 spiro atoms. The Morgan fingerprint density at radius 3 is 2.81 bits per heavy atom. The summed E-state index contributed by atoms with van der Waals surface area (Å²) in [7, 11) is -3.52. The average Bonchev–Trinajstić information content (AvgIpc) is 2.77. The molecule has 3 rings (SSSR count). The van der Waals surface area contributed by atoms with Gasteiger partial charge in [-0.1, -0.05) is 42.5 Å². The molecule has 0 radical (unpaired) electrons. The van der Waals surface area contributed by atoms with Crippen molar-refractivity contribution >= 4 is 37.7 Å². The van der Waals surface area contributed by atoms with Crippen LogP contribution in [-0.2, 0) is 16.4 Å². The fraction of sp³-hybridized carbons (Fsp3) is 0.333. The van der Waals surface area contributed by atoms with Gasteiger partial charge in [-0.2, -0.15) is 4.98 Å². The first-order chi connectivity index (χ1) is 14.9. The molecule has 1 aromatic heterocycles. The molecular formula is C21H26BrN5O3S. The predicted octanol–water partition coefficient (Wildman–Crippen LogP) is 2.82. The van der Waals surface area contributed by atoms with Crippen molar-refractivity contribution in [2.24, 2.45) is 0 Å². The molecule has 0 amide bonds. The summed E-state index contributed by atoms with van der Waals surface area (Å²) in [5.74, 6) is 0.878. The molecule has 1 aliphatic carbocycles. The standard InChI is InChI=1S/C21H26BrN5O3S/c1-15(14-28)25-20-19(22)13-23-21(27-20)26-17-8-5-9-18(12-17)31(29,30)24-11-10-16-6-3-2-4-7-16/h2-9,13,15,18,24,28H,10-12,14H2,1H3,(H2,23,25,26,27)/t15-,18?/m1/s1. The highest BCUT2D eigenvalue weighted by Crippen LogP contribution is 2.24. The van der Waals surface area contributed by atoms with E-state index in [1.54, 1.807) is 18.3 Å². The highest BCUT2D eigenvalue weighted by atomic mass is 79.9. The van der Waals surface area contributed by atoms with Crippen LogP contribution in [0.15, 0.2) is 64.9 Å². The average molecular weight is 508 g/mol. The fourth-order valence-corrected chi connectivity index (χ4v) is 4.60. The molecule has 4 N–H and O–H groups in total. The van der Waals surface area contributed by atoms with Crippen LogP contribution in [0.5, 0.6) is 0 Å². The molecule has 1 unspecified atom stereocenters. The van der Waals surface area contributed by atoms with Crippen LogP contribution < -0.4 is 15.4 Å². The van der Waals surface area contributed by atoms with E-state index in [0.29, 0.717) is 34.9 Å². The van der Waals surface area contributed by atoms with E-state index in [-0.39, 0.29) is 19.1 Å². The van der Waals surface area contributed by atoms with Gasteiger partial charge in [0.05, 0.1) is 16.3 Å². The number of sulfonamides is 1. The number of allylic oxidation sites excluding steroid dienone is 3. The maximum absolute atomic E-state index is 12.7. The lowest BCUT2D eigenvalue weighted by Gasteiger charge is -2.20. The number of nitrogens with one attached hydrogen (secondary N) is 3. The van der Waals surface area contributed by atoms with Crippen LogP contribution in [-0.4, -0.2) is 47.9 Å². The number of hydrogen-bond donors (Lipinski definition) is 4. The number of halogens is 1. The van der Waals surface area contributed by atoms with Crippen molar-refractivity contribution in [3.63, 3.8) is 0 Å². The number of benzene rings is 1. The van der Waals surface area contributed by atoms with E-state index in [4.69, 9.17) is 0 Å². The molecule has 2 atom stereocenters. The molecular weight excluding hydrogens is 482 g/mol. The zero-order valence-electron chi connectivity index (χ0n) is 17.1. The number of rotatable bonds is 10. The lowest BCUT2D eigenvalue weighted by atomic mass is 10.1. The molecule has 1 aromatic carbocycles. The Bertz CT molecular complexity index is 1040. The second-order valence-corrected chi connectivity index (χ2v) is 10.1. The SMILES string of the molecule is C[C@H](CO)Nc1nc(NC2=CC=CC(S(=O)(=O)NCCc3ccccc3)C2)ncc1Br. The minimum atomic E-state index is -3.52. The van der Waals surface area contributed by atoms with E-state index in [1.165, 1.54) is 0 Å². The van der Waals surface area contributed by atoms with Gasteiger partial charge < -0.3 is 15.7 Å². The van der Waals surface area contributed by atoms with Crippen molar-refractivity contribution in [2.45, 2.75) is 31.1 Å². The van der Waals surface area contributed by atoms with E-state index in [1.807, 2.05) is 43.3 Å². The second kappa shape index (κ2) is 10.9. The van der Waals surface area contributed by atoms with Crippen LogP contribution in [0.25, 0.3) is 0 Å². The summed E-state index contributed by atoms with van der Waals surface area (Å²) in [5, 5.41) is 14.7. The highest BCUT2D eigenvalue weighted by Gasteiger charge is 2.25. The smallest absolute Gasteiger partial charge is 0.228 e. The van der Waals surface area contributed by atoms with E-state index in [9.17, 15) is 13.5 Å². The van der Waals surface area contributed by atoms with Gasteiger partial charge in [0.25, 0.3) is 0 Å². The molecule has 0 saturated carbocycles. The largest absolute Gasteiger partial charge is 0.394 e. The Labute approximate surface area is 191 Å². The summed E-state index contributed by atoms with van der Waals surface area (Å²) in [4.78, 5) is 8.64. The normalized spacial score (nSPS) is 17.1. The zero-order chi connectivity index (χ0) is 22.3. The van der Waals surface area contributed by atoms with Crippen molar-refractivity contribution in [1.82, 2.24) is 14.7 Å². The fourth-order valence-electron chi connectivity index (χ4n) is 2.99. The third-order valence-corrected chi connectivity index (χ3v) is 6.98. The predicted molar refractivity (Wildman–Crippen MR) is 126 cm³/mol. The zero-order valence-corrected chi connectivity index (χ0v) is 19.5. The first-order valence-corrected chi connectivity index (χ1v) is 12.3. The van der Waals surface area contributed by atoms with Crippen LogP contribution in [0.2, 0.25) is 0 Å². The maximum Gasteiger partial charge on any atom is 0.228 e. The number of anilines is 2. The molecule has 2 aromatic rings. The van der Waals surface area contributed by atoms with E-state index in [0.717, 1.165) is 5.56 Å². The van der Waals surface area contributed by atoms with E-state index >= 15 is 0 Å².